The summed E-state index contributed by atoms with van der Waals surface area (Å²) in [5, 5.41) is 18.9. The van der Waals surface area contributed by atoms with E-state index in [0.717, 1.165) is 0 Å². The number of nitrogens with zero attached hydrogens (tertiary/aromatic N) is 1. The number of hydrogen-bond donors (Lipinski definition) is 4. The van der Waals surface area contributed by atoms with Crippen molar-refractivity contribution in [3.63, 3.8) is 0 Å². The summed E-state index contributed by atoms with van der Waals surface area (Å²) in [7, 11) is 0. The number of rotatable bonds is 7. The standard InChI is InChI=1S/C5H12N2O2.C5H9NO3/c6-3-1-2-4(7)5(8)9;1-3(2)4(6-9)5(7)8/h4H,1-3,6-7H2,(H,8,9);3-4H,1-2H3,(H,7,8). The summed E-state index contributed by atoms with van der Waals surface area (Å²) in [6, 6.07) is -1.83. The molecule has 0 radical (unpaired) electrons. The van der Waals surface area contributed by atoms with Crippen molar-refractivity contribution in [3.05, 3.63) is 4.91 Å². The van der Waals surface area contributed by atoms with E-state index in [0.29, 0.717) is 19.4 Å². The average Bonchev–Trinajstić information content (AvgIpc) is 2.26. The minimum Gasteiger partial charge on any atom is -0.480 e. The van der Waals surface area contributed by atoms with Crippen molar-refractivity contribution in [2.24, 2.45) is 22.6 Å². The van der Waals surface area contributed by atoms with Gasteiger partial charge >= 0.3 is 11.9 Å². The summed E-state index contributed by atoms with van der Waals surface area (Å²) in [5.41, 5.74) is 10.3. The lowest BCUT2D eigenvalue weighted by atomic mass is 10.1. The van der Waals surface area contributed by atoms with Crippen LogP contribution in [-0.2, 0) is 9.59 Å². The Balaban J connectivity index is 0. The van der Waals surface area contributed by atoms with E-state index in [2.05, 4.69) is 5.18 Å². The molecule has 0 spiro atoms. The number of nitrogens with two attached hydrogens (primary N) is 2. The van der Waals surface area contributed by atoms with Gasteiger partial charge in [0, 0.05) is 0 Å². The quantitative estimate of drug-likeness (QED) is 0.471. The van der Waals surface area contributed by atoms with Crippen LogP contribution in [0.1, 0.15) is 26.7 Å². The van der Waals surface area contributed by atoms with Gasteiger partial charge in [0.25, 0.3) is 0 Å². The van der Waals surface area contributed by atoms with Crippen molar-refractivity contribution in [2.75, 3.05) is 6.54 Å². The molecular weight excluding hydrogens is 242 g/mol. The molecule has 0 rings (SSSR count). The van der Waals surface area contributed by atoms with Gasteiger partial charge in [-0.25, -0.2) is 4.79 Å². The van der Waals surface area contributed by atoms with E-state index in [4.69, 9.17) is 21.7 Å². The lowest BCUT2D eigenvalue weighted by Gasteiger charge is -2.04. The van der Waals surface area contributed by atoms with Crippen LogP contribution in [0.4, 0.5) is 0 Å². The molecule has 8 nitrogen and oxygen atoms in total. The van der Waals surface area contributed by atoms with E-state index < -0.39 is 24.0 Å². The summed E-state index contributed by atoms with van der Waals surface area (Å²) in [5.74, 6) is -2.33. The van der Waals surface area contributed by atoms with E-state index >= 15 is 0 Å². The fraction of sp³-hybridized carbons (Fsp3) is 0.800. The molecule has 8 heteroatoms. The second kappa shape index (κ2) is 10.6. The predicted molar refractivity (Wildman–Crippen MR) is 66.0 cm³/mol. The highest BCUT2D eigenvalue weighted by molar-refractivity contribution is 5.73. The molecular formula is C10H21N3O5. The monoisotopic (exact) mass is 263 g/mol. The Morgan fingerprint density at radius 3 is 1.89 bits per heavy atom. The number of carboxylic acid groups (broad SMARTS) is 2. The van der Waals surface area contributed by atoms with Crippen molar-refractivity contribution in [2.45, 2.75) is 38.8 Å². The SMILES string of the molecule is CC(C)C(N=O)C(=O)O.NCCCC(N)C(=O)O. The number of carbonyl (C=O) groups is 2. The maximum Gasteiger partial charge on any atom is 0.332 e. The van der Waals surface area contributed by atoms with Crippen LogP contribution in [0.15, 0.2) is 5.18 Å². The number of nitroso groups, excluding NO2 is 1. The fourth-order valence-electron chi connectivity index (χ4n) is 0.913. The van der Waals surface area contributed by atoms with Crippen LogP contribution in [0.3, 0.4) is 0 Å². The van der Waals surface area contributed by atoms with E-state index in [1.807, 2.05) is 0 Å². The third-order valence-corrected chi connectivity index (χ3v) is 2.03. The molecule has 0 aromatic heterocycles. The van der Waals surface area contributed by atoms with Crippen LogP contribution in [-0.4, -0.2) is 40.8 Å². The van der Waals surface area contributed by atoms with Crippen molar-refractivity contribution in [3.8, 4) is 0 Å². The molecule has 0 aliphatic carbocycles. The highest BCUT2D eigenvalue weighted by atomic mass is 16.4. The molecule has 106 valence electrons. The zero-order valence-corrected chi connectivity index (χ0v) is 10.6. The van der Waals surface area contributed by atoms with Crippen LogP contribution < -0.4 is 11.5 Å². The summed E-state index contributed by atoms with van der Waals surface area (Å²) < 4.78 is 0. The maximum absolute atomic E-state index is 10.1. The van der Waals surface area contributed by atoms with E-state index in [1.165, 1.54) is 0 Å². The van der Waals surface area contributed by atoms with Gasteiger partial charge in [0.05, 0.1) is 0 Å². The van der Waals surface area contributed by atoms with E-state index in [9.17, 15) is 14.5 Å². The molecule has 0 heterocycles. The first-order chi connectivity index (χ1) is 8.27. The fourth-order valence-corrected chi connectivity index (χ4v) is 0.913. The van der Waals surface area contributed by atoms with Gasteiger partial charge in [-0.15, -0.1) is 4.91 Å². The van der Waals surface area contributed by atoms with Gasteiger partial charge in [-0.05, 0) is 25.3 Å². The number of hydrogen-bond acceptors (Lipinski definition) is 6. The van der Waals surface area contributed by atoms with Crippen molar-refractivity contribution >= 4 is 11.9 Å². The molecule has 0 fully saturated rings. The van der Waals surface area contributed by atoms with Crippen LogP contribution in [0.2, 0.25) is 0 Å². The van der Waals surface area contributed by atoms with Gasteiger partial charge in [0.1, 0.15) is 6.04 Å². The second-order valence-corrected chi connectivity index (χ2v) is 4.01. The molecule has 18 heavy (non-hydrogen) atoms. The van der Waals surface area contributed by atoms with Gasteiger partial charge in [0.2, 0.25) is 0 Å². The predicted octanol–water partition coefficient (Wildman–Crippen LogP) is -0.000800. The molecule has 0 aromatic rings. The first-order valence-corrected chi connectivity index (χ1v) is 5.51. The van der Waals surface area contributed by atoms with Crippen molar-refractivity contribution in [1.82, 2.24) is 0 Å². The third-order valence-electron chi connectivity index (χ3n) is 2.03. The summed E-state index contributed by atoms with van der Waals surface area (Å²) in [6.45, 7) is 3.78. The van der Waals surface area contributed by atoms with Gasteiger partial charge in [-0.1, -0.05) is 19.0 Å². The minimum absolute atomic E-state index is 0.222. The Morgan fingerprint density at radius 1 is 1.22 bits per heavy atom. The van der Waals surface area contributed by atoms with Gasteiger partial charge in [-0.3, -0.25) is 4.79 Å². The Bertz CT molecular complexity index is 270. The Kier molecular flexibility index (Phi) is 11.1. The Morgan fingerprint density at radius 2 is 1.72 bits per heavy atom. The molecule has 0 aromatic carbocycles. The number of aliphatic carboxylic acids is 2. The minimum atomic E-state index is -1.15. The van der Waals surface area contributed by atoms with Crippen LogP contribution in [0, 0.1) is 10.8 Å². The summed E-state index contributed by atoms with van der Waals surface area (Å²) in [4.78, 5) is 29.9. The van der Waals surface area contributed by atoms with Gasteiger partial charge in [-0.2, -0.15) is 0 Å². The van der Waals surface area contributed by atoms with Crippen molar-refractivity contribution < 1.29 is 19.8 Å². The lowest BCUT2D eigenvalue weighted by Crippen LogP contribution is -2.30. The maximum atomic E-state index is 10.1. The smallest absolute Gasteiger partial charge is 0.332 e. The first kappa shape index (κ1) is 18.8. The molecule has 0 aliphatic heterocycles. The molecule has 0 aliphatic rings. The zero-order valence-electron chi connectivity index (χ0n) is 10.6. The second-order valence-electron chi connectivity index (χ2n) is 4.01. The van der Waals surface area contributed by atoms with Crippen molar-refractivity contribution in [1.29, 1.82) is 0 Å². The van der Waals surface area contributed by atoms with E-state index in [-0.39, 0.29) is 5.92 Å². The summed E-state index contributed by atoms with van der Waals surface area (Å²) >= 11 is 0. The van der Waals surface area contributed by atoms with Crippen LogP contribution in [0.25, 0.3) is 0 Å². The van der Waals surface area contributed by atoms with Gasteiger partial charge < -0.3 is 21.7 Å². The number of carboxylic acids is 2. The highest BCUT2D eigenvalue weighted by Crippen LogP contribution is 2.04. The topological polar surface area (TPSA) is 156 Å². The average molecular weight is 263 g/mol. The van der Waals surface area contributed by atoms with E-state index in [1.54, 1.807) is 13.8 Å². The summed E-state index contributed by atoms with van der Waals surface area (Å²) in [6.07, 6.45) is 1.14. The third kappa shape index (κ3) is 9.67. The molecule has 0 saturated heterocycles. The van der Waals surface area contributed by atoms with Crippen LogP contribution in [0.5, 0.6) is 0 Å². The molecule has 2 atom stereocenters. The molecule has 0 bridgehead atoms. The van der Waals surface area contributed by atoms with Crippen LogP contribution >= 0.6 is 0 Å². The van der Waals surface area contributed by atoms with Gasteiger partial charge in [0.15, 0.2) is 6.04 Å². The Hall–Kier alpha value is -1.54. The lowest BCUT2D eigenvalue weighted by molar-refractivity contribution is -0.140. The Labute approximate surface area is 105 Å². The first-order valence-electron chi connectivity index (χ1n) is 5.51. The molecule has 2 unspecified atom stereocenters. The largest absolute Gasteiger partial charge is 0.480 e. The molecule has 6 N–H and O–H groups in total. The normalized spacial score (nSPS) is 13.2. The molecule has 0 saturated carbocycles. The molecule has 0 amide bonds. The zero-order chi connectivity index (χ0) is 14.7. The highest BCUT2D eigenvalue weighted by Gasteiger charge is 2.21.